The third kappa shape index (κ3) is 1.47. The molecule has 0 aliphatic carbocycles. The predicted molar refractivity (Wildman–Crippen MR) is 44.6 cm³/mol. The standard InChI is InChI=1S/C8H7NOS/c1-11-8-6(5-9)3-2-4-7(8)10/h2-4,10H,1H3. The van der Waals surface area contributed by atoms with Crippen LogP contribution in [0, 0.1) is 11.3 Å². The van der Waals surface area contributed by atoms with Gasteiger partial charge in [0.25, 0.3) is 0 Å². The summed E-state index contributed by atoms with van der Waals surface area (Å²) in [7, 11) is 0. The maximum atomic E-state index is 9.25. The maximum Gasteiger partial charge on any atom is 0.130 e. The molecule has 1 N–H and O–H groups in total. The van der Waals surface area contributed by atoms with Crippen molar-refractivity contribution in [1.29, 1.82) is 5.26 Å². The maximum absolute atomic E-state index is 9.25. The van der Waals surface area contributed by atoms with E-state index in [0.717, 1.165) is 0 Å². The minimum atomic E-state index is 0.177. The number of phenols is 1. The first kappa shape index (κ1) is 7.96. The van der Waals surface area contributed by atoms with Gasteiger partial charge in [0.05, 0.1) is 10.5 Å². The smallest absolute Gasteiger partial charge is 0.130 e. The Labute approximate surface area is 69.5 Å². The van der Waals surface area contributed by atoms with Crippen molar-refractivity contribution in [3.05, 3.63) is 23.8 Å². The summed E-state index contributed by atoms with van der Waals surface area (Å²) < 4.78 is 0. The van der Waals surface area contributed by atoms with Crippen LogP contribution in [0.1, 0.15) is 5.56 Å². The van der Waals surface area contributed by atoms with Crippen LogP contribution < -0.4 is 0 Å². The Hall–Kier alpha value is -1.14. The van der Waals surface area contributed by atoms with Crippen LogP contribution in [-0.2, 0) is 0 Å². The summed E-state index contributed by atoms with van der Waals surface area (Å²) in [5.41, 5.74) is 0.525. The van der Waals surface area contributed by atoms with E-state index in [0.29, 0.717) is 10.5 Å². The van der Waals surface area contributed by atoms with Gasteiger partial charge in [0, 0.05) is 0 Å². The zero-order chi connectivity index (χ0) is 8.27. The lowest BCUT2D eigenvalue weighted by Gasteiger charge is -2.00. The lowest BCUT2D eigenvalue weighted by molar-refractivity contribution is 0.462. The molecule has 0 amide bonds. The second-order valence-electron chi connectivity index (χ2n) is 1.97. The Morgan fingerprint density at radius 3 is 2.73 bits per heavy atom. The van der Waals surface area contributed by atoms with Crippen molar-refractivity contribution in [3.8, 4) is 11.8 Å². The quantitative estimate of drug-likeness (QED) is 0.647. The zero-order valence-electron chi connectivity index (χ0n) is 6.03. The summed E-state index contributed by atoms with van der Waals surface area (Å²) >= 11 is 1.37. The molecular weight excluding hydrogens is 158 g/mol. The predicted octanol–water partition coefficient (Wildman–Crippen LogP) is 1.99. The van der Waals surface area contributed by atoms with Crippen molar-refractivity contribution >= 4 is 11.8 Å². The van der Waals surface area contributed by atoms with Gasteiger partial charge in [0.15, 0.2) is 0 Å². The second-order valence-corrected chi connectivity index (χ2v) is 2.79. The number of nitrogens with zero attached hydrogens (tertiary/aromatic N) is 1. The summed E-state index contributed by atoms with van der Waals surface area (Å²) in [6.45, 7) is 0. The minimum Gasteiger partial charge on any atom is -0.507 e. The Kier molecular flexibility index (Phi) is 2.40. The highest BCUT2D eigenvalue weighted by Crippen LogP contribution is 2.29. The lowest BCUT2D eigenvalue weighted by Crippen LogP contribution is -1.79. The van der Waals surface area contributed by atoms with Crippen LogP contribution in [0.25, 0.3) is 0 Å². The van der Waals surface area contributed by atoms with E-state index in [-0.39, 0.29) is 5.75 Å². The molecule has 0 saturated heterocycles. The van der Waals surface area contributed by atoms with Crippen molar-refractivity contribution in [2.45, 2.75) is 4.90 Å². The molecule has 0 radical (unpaired) electrons. The molecule has 0 aromatic heterocycles. The Morgan fingerprint density at radius 2 is 2.27 bits per heavy atom. The fourth-order valence-corrected chi connectivity index (χ4v) is 1.44. The third-order valence-electron chi connectivity index (χ3n) is 1.32. The Morgan fingerprint density at radius 1 is 1.55 bits per heavy atom. The van der Waals surface area contributed by atoms with Crippen molar-refractivity contribution in [3.63, 3.8) is 0 Å². The lowest BCUT2D eigenvalue weighted by atomic mass is 10.2. The molecular formula is C8H7NOS. The van der Waals surface area contributed by atoms with Gasteiger partial charge in [0.1, 0.15) is 11.8 Å². The van der Waals surface area contributed by atoms with E-state index in [2.05, 4.69) is 0 Å². The van der Waals surface area contributed by atoms with Crippen molar-refractivity contribution in [1.82, 2.24) is 0 Å². The van der Waals surface area contributed by atoms with E-state index in [4.69, 9.17) is 5.26 Å². The summed E-state index contributed by atoms with van der Waals surface area (Å²) in [5, 5.41) is 17.9. The number of phenolic OH excluding ortho intramolecular Hbond substituents is 1. The van der Waals surface area contributed by atoms with E-state index in [1.54, 1.807) is 18.2 Å². The first-order valence-corrected chi connectivity index (χ1v) is 4.28. The molecule has 2 nitrogen and oxygen atoms in total. The molecule has 3 heteroatoms. The van der Waals surface area contributed by atoms with Crippen LogP contribution in [0.5, 0.6) is 5.75 Å². The summed E-state index contributed by atoms with van der Waals surface area (Å²) in [5.74, 6) is 0.177. The number of aromatic hydroxyl groups is 1. The normalized spacial score (nSPS) is 9.09. The van der Waals surface area contributed by atoms with Gasteiger partial charge >= 0.3 is 0 Å². The summed E-state index contributed by atoms with van der Waals surface area (Å²) in [6, 6.07) is 6.93. The average Bonchev–Trinajstić information content (AvgIpc) is 2.04. The number of thioether (sulfide) groups is 1. The fraction of sp³-hybridized carbons (Fsp3) is 0.125. The fourth-order valence-electron chi connectivity index (χ4n) is 0.827. The van der Waals surface area contributed by atoms with Gasteiger partial charge in [-0.05, 0) is 18.4 Å². The van der Waals surface area contributed by atoms with Crippen molar-refractivity contribution in [2.75, 3.05) is 6.26 Å². The monoisotopic (exact) mass is 165 g/mol. The topological polar surface area (TPSA) is 44.0 Å². The highest BCUT2D eigenvalue weighted by Gasteiger charge is 2.03. The largest absolute Gasteiger partial charge is 0.507 e. The molecule has 0 aliphatic heterocycles. The van der Waals surface area contributed by atoms with Crippen LogP contribution in [-0.4, -0.2) is 11.4 Å². The average molecular weight is 165 g/mol. The molecule has 1 rings (SSSR count). The number of rotatable bonds is 1. The van der Waals surface area contributed by atoms with Gasteiger partial charge < -0.3 is 5.11 Å². The molecule has 56 valence electrons. The molecule has 0 bridgehead atoms. The molecule has 0 spiro atoms. The van der Waals surface area contributed by atoms with Gasteiger partial charge in [-0.3, -0.25) is 0 Å². The molecule has 0 fully saturated rings. The van der Waals surface area contributed by atoms with E-state index in [1.165, 1.54) is 11.8 Å². The van der Waals surface area contributed by atoms with E-state index < -0.39 is 0 Å². The molecule has 0 saturated carbocycles. The van der Waals surface area contributed by atoms with Crippen LogP contribution >= 0.6 is 11.8 Å². The van der Waals surface area contributed by atoms with Crippen LogP contribution in [0.2, 0.25) is 0 Å². The van der Waals surface area contributed by atoms with Gasteiger partial charge in [-0.15, -0.1) is 11.8 Å². The molecule has 1 aromatic carbocycles. The molecule has 0 atom stereocenters. The number of benzene rings is 1. The van der Waals surface area contributed by atoms with Crippen LogP contribution in [0.3, 0.4) is 0 Å². The number of nitriles is 1. The third-order valence-corrected chi connectivity index (χ3v) is 2.16. The molecule has 0 unspecified atom stereocenters. The highest BCUT2D eigenvalue weighted by molar-refractivity contribution is 7.98. The van der Waals surface area contributed by atoms with Gasteiger partial charge in [-0.1, -0.05) is 6.07 Å². The minimum absolute atomic E-state index is 0.177. The molecule has 11 heavy (non-hydrogen) atoms. The van der Waals surface area contributed by atoms with Crippen LogP contribution in [0.4, 0.5) is 0 Å². The summed E-state index contributed by atoms with van der Waals surface area (Å²) in [6.07, 6.45) is 1.83. The van der Waals surface area contributed by atoms with Crippen molar-refractivity contribution in [2.24, 2.45) is 0 Å². The number of hydrogen-bond donors (Lipinski definition) is 1. The second kappa shape index (κ2) is 3.31. The SMILES string of the molecule is CSc1c(O)cccc1C#N. The summed E-state index contributed by atoms with van der Waals surface area (Å²) in [4.78, 5) is 0.648. The van der Waals surface area contributed by atoms with Crippen molar-refractivity contribution < 1.29 is 5.11 Å². The first-order chi connectivity index (χ1) is 5.29. The first-order valence-electron chi connectivity index (χ1n) is 3.05. The zero-order valence-corrected chi connectivity index (χ0v) is 6.85. The van der Waals surface area contributed by atoms with E-state index >= 15 is 0 Å². The molecule has 0 heterocycles. The Balaban J connectivity index is 3.27. The van der Waals surface area contributed by atoms with E-state index in [1.807, 2.05) is 12.3 Å². The molecule has 0 aliphatic rings. The molecule has 1 aromatic rings. The van der Waals surface area contributed by atoms with Gasteiger partial charge in [-0.2, -0.15) is 5.26 Å². The van der Waals surface area contributed by atoms with E-state index in [9.17, 15) is 5.11 Å². The number of hydrogen-bond acceptors (Lipinski definition) is 3. The Bertz CT molecular complexity index is 303. The van der Waals surface area contributed by atoms with Gasteiger partial charge in [-0.25, -0.2) is 0 Å². The van der Waals surface area contributed by atoms with Crippen LogP contribution in [0.15, 0.2) is 23.1 Å². The highest BCUT2D eigenvalue weighted by atomic mass is 32.2. The van der Waals surface area contributed by atoms with Gasteiger partial charge in [0.2, 0.25) is 0 Å².